The second-order valence-electron chi connectivity index (χ2n) is 9.02. The van der Waals surface area contributed by atoms with Crippen LogP contribution < -0.4 is 15.1 Å². The topological polar surface area (TPSA) is 94.6 Å². The Kier molecular flexibility index (Phi) is 6.23. The van der Waals surface area contributed by atoms with E-state index in [1.807, 2.05) is 58.9 Å². The molecule has 5 heterocycles. The van der Waals surface area contributed by atoms with Crippen LogP contribution in [0.25, 0.3) is 11.1 Å². The number of benzene rings is 1. The van der Waals surface area contributed by atoms with Gasteiger partial charge in [-0.25, -0.2) is 14.8 Å². The van der Waals surface area contributed by atoms with E-state index in [9.17, 15) is 9.59 Å². The SMILES string of the molecule is O=C1CCCN1c1ccc(-c2ccc(Nc3cncc(N4CCN(Cc5cscn5)C4=O)c3)nc2)cc1. The molecule has 0 aliphatic carbocycles. The summed E-state index contributed by atoms with van der Waals surface area (Å²) in [5.41, 5.74) is 7.13. The van der Waals surface area contributed by atoms with E-state index < -0.39 is 0 Å². The number of carbonyl (C=O) groups is 2. The molecule has 0 bridgehead atoms. The molecule has 3 amide bonds. The summed E-state index contributed by atoms with van der Waals surface area (Å²) in [6.07, 6.45) is 6.77. The minimum Gasteiger partial charge on any atom is -0.339 e. The zero-order valence-corrected chi connectivity index (χ0v) is 20.9. The third-order valence-electron chi connectivity index (χ3n) is 6.59. The van der Waals surface area contributed by atoms with Crippen LogP contribution in [-0.2, 0) is 11.3 Å². The molecular weight excluding hydrogens is 486 g/mol. The molecule has 37 heavy (non-hydrogen) atoms. The van der Waals surface area contributed by atoms with Gasteiger partial charge in [0, 0.05) is 48.9 Å². The molecule has 2 aliphatic rings. The second kappa shape index (κ2) is 9.98. The highest BCUT2D eigenvalue weighted by molar-refractivity contribution is 7.07. The number of carbonyl (C=O) groups excluding carboxylic acids is 2. The first-order valence-corrected chi connectivity index (χ1v) is 13.1. The van der Waals surface area contributed by atoms with Crippen LogP contribution in [0.2, 0.25) is 0 Å². The average molecular weight is 512 g/mol. The van der Waals surface area contributed by atoms with Gasteiger partial charge in [0.05, 0.1) is 41.5 Å². The van der Waals surface area contributed by atoms with Crippen molar-refractivity contribution in [2.45, 2.75) is 19.4 Å². The molecule has 4 aromatic rings. The summed E-state index contributed by atoms with van der Waals surface area (Å²) in [7, 11) is 0. The summed E-state index contributed by atoms with van der Waals surface area (Å²) in [4.78, 5) is 43.5. The fourth-order valence-electron chi connectivity index (χ4n) is 4.67. The number of aromatic nitrogens is 3. The Bertz CT molecular complexity index is 1410. The quantitative estimate of drug-likeness (QED) is 0.379. The van der Waals surface area contributed by atoms with Crippen molar-refractivity contribution < 1.29 is 9.59 Å². The Morgan fingerprint density at radius 2 is 1.73 bits per heavy atom. The number of nitrogens with one attached hydrogen (secondary N) is 1. The van der Waals surface area contributed by atoms with Gasteiger partial charge in [0.25, 0.3) is 0 Å². The zero-order valence-electron chi connectivity index (χ0n) is 20.1. The summed E-state index contributed by atoms with van der Waals surface area (Å²) in [6, 6.07) is 13.8. The van der Waals surface area contributed by atoms with E-state index >= 15 is 0 Å². The Morgan fingerprint density at radius 1 is 0.865 bits per heavy atom. The van der Waals surface area contributed by atoms with Gasteiger partial charge in [-0.05, 0) is 42.3 Å². The van der Waals surface area contributed by atoms with Crippen LogP contribution in [0.3, 0.4) is 0 Å². The van der Waals surface area contributed by atoms with Gasteiger partial charge >= 0.3 is 6.03 Å². The van der Waals surface area contributed by atoms with Gasteiger partial charge in [0.2, 0.25) is 5.91 Å². The van der Waals surface area contributed by atoms with E-state index in [-0.39, 0.29) is 11.9 Å². The largest absolute Gasteiger partial charge is 0.339 e. The second-order valence-corrected chi connectivity index (χ2v) is 9.74. The Balaban J connectivity index is 1.11. The number of rotatable bonds is 7. The summed E-state index contributed by atoms with van der Waals surface area (Å²) in [5.74, 6) is 0.866. The summed E-state index contributed by atoms with van der Waals surface area (Å²) in [6.45, 7) is 2.55. The van der Waals surface area contributed by atoms with Gasteiger partial charge in [0.1, 0.15) is 5.82 Å². The predicted molar refractivity (Wildman–Crippen MR) is 144 cm³/mol. The highest BCUT2D eigenvalue weighted by Gasteiger charge is 2.30. The van der Waals surface area contributed by atoms with E-state index in [0.29, 0.717) is 31.9 Å². The molecule has 10 heteroatoms. The van der Waals surface area contributed by atoms with Gasteiger partial charge < -0.3 is 15.1 Å². The van der Waals surface area contributed by atoms with Crippen LogP contribution in [0, 0.1) is 0 Å². The molecular formula is C27H25N7O2S. The van der Waals surface area contributed by atoms with E-state index in [2.05, 4.69) is 20.3 Å². The minimum atomic E-state index is -0.0467. The molecule has 0 saturated carbocycles. The highest BCUT2D eigenvalue weighted by atomic mass is 32.1. The molecule has 3 aromatic heterocycles. The lowest BCUT2D eigenvalue weighted by atomic mass is 10.1. The molecule has 9 nitrogen and oxygen atoms in total. The normalized spacial score (nSPS) is 15.6. The van der Waals surface area contributed by atoms with Crippen LogP contribution in [0.1, 0.15) is 18.5 Å². The molecule has 2 aliphatic heterocycles. The lowest BCUT2D eigenvalue weighted by Crippen LogP contribution is -2.31. The molecule has 2 saturated heterocycles. The van der Waals surface area contributed by atoms with Crippen molar-refractivity contribution in [1.29, 1.82) is 0 Å². The van der Waals surface area contributed by atoms with E-state index in [4.69, 9.17) is 0 Å². The standard InChI is InChI=1S/C27H25N7O2S/c35-26-2-1-9-33(26)23-6-3-19(4-7-23)20-5-8-25(29-13-20)31-21-12-24(15-28-14-21)34-11-10-32(27(34)36)16-22-17-37-18-30-22/h3-8,12-15,17-18H,1-2,9-11,16H2,(H,29,31). The zero-order chi connectivity index (χ0) is 25.2. The number of hydrogen-bond acceptors (Lipinski definition) is 7. The monoisotopic (exact) mass is 511 g/mol. The fraction of sp³-hybridized carbons (Fsp3) is 0.222. The van der Waals surface area contributed by atoms with Crippen molar-refractivity contribution >= 4 is 46.2 Å². The van der Waals surface area contributed by atoms with Crippen molar-refractivity contribution in [1.82, 2.24) is 19.9 Å². The van der Waals surface area contributed by atoms with Gasteiger partial charge in [-0.2, -0.15) is 0 Å². The number of urea groups is 1. The summed E-state index contributed by atoms with van der Waals surface area (Å²) >= 11 is 1.53. The summed E-state index contributed by atoms with van der Waals surface area (Å²) < 4.78 is 0. The van der Waals surface area contributed by atoms with E-state index in [0.717, 1.165) is 46.8 Å². The highest BCUT2D eigenvalue weighted by Crippen LogP contribution is 2.28. The molecule has 0 atom stereocenters. The van der Waals surface area contributed by atoms with Crippen LogP contribution in [0.4, 0.5) is 27.7 Å². The Hall–Kier alpha value is -4.31. The number of hydrogen-bond donors (Lipinski definition) is 1. The van der Waals surface area contributed by atoms with Crippen LogP contribution >= 0.6 is 11.3 Å². The first kappa shape index (κ1) is 23.1. The number of pyridine rings is 2. The van der Waals surface area contributed by atoms with Crippen molar-refractivity contribution in [3.63, 3.8) is 0 Å². The molecule has 0 spiro atoms. The van der Waals surface area contributed by atoms with Gasteiger partial charge in [-0.15, -0.1) is 11.3 Å². The minimum absolute atomic E-state index is 0.0467. The summed E-state index contributed by atoms with van der Waals surface area (Å²) in [5, 5.41) is 5.25. The number of thiazole rings is 1. The van der Waals surface area contributed by atoms with Crippen LogP contribution in [0.5, 0.6) is 0 Å². The average Bonchev–Trinajstić information content (AvgIpc) is 3.68. The number of amides is 3. The molecule has 6 rings (SSSR count). The lowest BCUT2D eigenvalue weighted by Gasteiger charge is -2.18. The lowest BCUT2D eigenvalue weighted by molar-refractivity contribution is -0.117. The molecule has 0 radical (unpaired) electrons. The molecule has 1 aromatic carbocycles. The maximum absolute atomic E-state index is 12.9. The number of nitrogens with zero attached hydrogens (tertiary/aromatic N) is 6. The Labute approximate surface area is 218 Å². The molecule has 1 N–H and O–H groups in total. The number of anilines is 4. The van der Waals surface area contributed by atoms with Gasteiger partial charge in [-0.3, -0.25) is 14.7 Å². The third-order valence-corrected chi connectivity index (χ3v) is 7.22. The van der Waals surface area contributed by atoms with Gasteiger partial charge in [0.15, 0.2) is 0 Å². The van der Waals surface area contributed by atoms with Gasteiger partial charge in [-0.1, -0.05) is 12.1 Å². The van der Waals surface area contributed by atoms with Crippen molar-refractivity contribution in [2.24, 2.45) is 0 Å². The molecule has 186 valence electrons. The first-order valence-electron chi connectivity index (χ1n) is 12.2. The maximum atomic E-state index is 12.9. The van der Waals surface area contributed by atoms with E-state index in [1.54, 1.807) is 27.7 Å². The van der Waals surface area contributed by atoms with Crippen molar-refractivity contribution in [3.05, 3.63) is 77.6 Å². The first-order chi connectivity index (χ1) is 18.1. The van der Waals surface area contributed by atoms with Crippen LogP contribution in [-0.4, -0.2) is 51.4 Å². The molecule has 0 unspecified atom stereocenters. The molecule has 2 fully saturated rings. The third kappa shape index (κ3) is 4.88. The van der Waals surface area contributed by atoms with Crippen LogP contribution in [0.15, 0.2) is 71.9 Å². The predicted octanol–water partition coefficient (Wildman–Crippen LogP) is 4.91. The van der Waals surface area contributed by atoms with Crippen molar-refractivity contribution in [2.75, 3.05) is 34.8 Å². The fourth-order valence-corrected chi connectivity index (χ4v) is 5.21. The van der Waals surface area contributed by atoms with E-state index in [1.165, 1.54) is 11.3 Å². The Morgan fingerprint density at radius 3 is 2.46 bits per heavy atom. The maximum Gasteiger partial charge on any atom is 0.325 e. The smallest absolute Gasteiger partial charge is 0.325 e. The van der Waals surface area contributed by atoms with Crippen molar-refractivity contribution in [3.8, 4) is 11.1 Å².